The molecule has 0 atom stereocenters. The normalized spacial score (nSPS) is 15.8. The minimum absolute atomic E-state index is 0.134. The number of halogens is 1. The Kier molecular flexibility index (Phi) is 4.16. The van der Waals surface area contributed by atoms with Crippen LogP contribution in [0, 0.1) is 15.9 Å². The van der Waals surface area contributed by atoms with Crippen molar-refractivity contribution in [2.45, 2.75) is 25.7 Å². The van der Waals surface area contributed by atoms with Crippen LogP contribution in [0.25, 0.3) is 0 Å². The van der Waals surface area contributed by atoms with Crippen molar-refractivity contribution in [2.24, 2.45) is 0 Å². The van der Waals surface area contributed by atoms with Crippen LogP contribution < -0.4 is 4.90 Å². The molecule has 1 heterocycles. The number of rotatable bonds is 3. The summed E-state index contributed by atoms with van der Waals surface area (Å²) in [6, 6.07) is 1.77. The quantitative estimate of drug-likeness (QED) is 0.680. The first kappa shape index (κ1) is 14.2. The van der Waals surface area contributed by atoms with E-state index in [1.807, 2.05) is 0 Å². The number of nitro groups is 1. The Hall–Kier alpha value is -2.18. The van der Waals surface area contributed by atoms with E-state index in [-0.39, 0.29) is 5.69 Å². The highest BCUT2D eigenvalue weighted by atomic mass is 19.1. The Morgan fingerprint density at radius 2 is 1.85 bits per heavy atom. The van der Waals surface area contributed by atoms with Gasteiger partial charge in [0.05, 0.1) is 16.7 Å². The fraction of sp³-hybridized carbons (Fsp3) is 0.462. The number of nitrogens with zero attached hydrogens (tertiary/aromatic N) is 2. The third-order valence-electron chi connectivity index (χ3n) is 3.44. The van der Waals surface area contributed by atoms with Gasteiger partial charge < -0.3 is 10.0 Å². The van der Waals surface area contributed by atoms with Crippen molar-refractivity contribution < 1.29 is 19.2 Å². The number of aromatic carboxylic acids is 1. The number of carboxylic acid groups (broad SMARTS) is 1. The molecular formula is C13H15FN2O4. The minimum Gasteiger partial charge on any atom is -0.477 e. The largest absolute Gasteiger partial charge is 0.477 e. The molecule has 1 fully saturated rings. The van der Waals surface area contributed by atoms with E-state index in [0.717, 1.165) is 31.7 Å². The van der Waals surface area contributed by atoms with E-state index in [2.05, 4.69) is 0 Å². The van der Waals surface area contributed by atoms with Gasteiger partial charge in [-0.3, -0.25) is 10.1 Å². The predicted octanol–water partition coefficient (Wildman–Crippen LogP) is 2.81. The highest BCUT2D eigenvalue weighted by Crippen LogP contribution is 2.30. The molecule has 0 amide bonds. The maximum absolute atomic E-state index is 14.0. The summed E-state index contributed by atoms with van der Waals surface area (Å²) in [5.74, 6) is -2.17. The average molecular weight is 282 g/mol. The van der Waals surface area contributed by atoms with Gasteiger partial charge in [-0.05, 0) is 18.9 Å². The molecule has 0 spiro atoms. The molecule has 0 aliphatic carbocycles. The standard InChI is InChI=1S/C13H15FN2O4/c14-10-8-11(16(19)20)9(13(17)18)7-12(10)15-5-3-1-2-4-6-15/h7-8H,1-6H2,(H,17,18). The van der Waals surface area contributed by atoms with Gasteiger partial charge >= 0.3 is 5.97 Å². The fourth-order valence-corrected chi connectivity index (χ4v) is 2.43. The van der Waals surface area contributed by atoms with E-state index < -0.39 is 28.0 Å². The lowest BCUT2D eigenvalue weighted by molar-refractivity contribution is -0.385. The monoisotopic (exact) mass is 282 g/mol. The number of anilines is 1. The number of nitro benzene ring substituents is 1. The SMILES string of the molecule is O=C(O)c1cc(N2CCCCCC2)c(F)cc1[N+](=O)[O-]. The molecule has 1 aliphatic heterocycles. The van der Waals surface area contributed by atoms with Crippen LogP contribution in [-0.4, -0.2) is 29.1 Å². The van der Waals surface area contributed by atoms with Crippen molar-refractivity contribution in [1.82, 2.24) is 0 Å². The average Bonchev–Trinajstić information content (AvgIpc) is 2.66. The van der Waals surface area contributed by atoms with Crippen LogP contribution in [0.4, 0.5) is 15.8 Å². The van der Waals surface area contributed by atoms with Gasteiger partial charge in [-0.1, -0.05) is 12.8 Å². The van der Waals surface area contributed by atoms with E-state index in [0.29, 0.717) is 19.2 Å². The Bertz CT molecular complexity index is 539. The summed E-state index contributed by atoms with van der Waals surface area (Å²) in [4.78, 5) is 22.8. The summed E-state index contributed by atoms with van der Waals surface area (Å²) in [7, 11) is 0. The molecular weight excluding hydrogens is 267 g/mol. The lowest BCUT2D eigenvalue weighted by Crippen LogP contribution is -2.25. The molecule has 0 aromatic heterocycles. The number of carboxylic acids is 1. The second-order valence-electron chi connectivity index (χ2n) is 4.78. The lowest BCUT2D eigenvalue weighted by Gasteiger charge is -2.23. The van der Waals surface area contributed by atoms with Crippen molar-refractivity contribution >= 4 is 17.3 Å². The van der Waals surface area contributed by atoms with Gasteiger partial charge in [0.25, 0.3) is 5.69 Å². The van der Waals surface area contributed by atoms with E-state index in [9.17, 15) is 19.3 Å². The van der Waals surface area contributed by atoms with Crippen molar-refractivity contribution in [1.29, 1.82) is 0 Å². The molecule has 1 aromatic carbocycles. The molecule has 108 valence electrons. The Balaban J connectivity index is 2.45. The number of benzene rings is 1. The highest BCUT2D eigenvalue weighted by molar-refractivity contribution is 5.93. The summed E-state index contributed by atoms with van der Waals surface area (Å²) in [6.45, 7) is 1.27. The molecule has 2 rings (SSSR count). The Morgan fingerprint density at radius 3 is 2.35 bits per heavy atom. The van der Waals surface area contributed by atoms with Gasteiger partial charge in [0.15, 0.2) is 5.82 Å². The molecule has 0 bridgehead atoms. The molecule has 20 heavy (non-hydrogen) atoms. The topological polar surface area (TPSA) is 83.7 Å². The number of hydrogen-bond donors (Lipinski definition) is 1. The Labute approximate surface area is 115 Å². The van der Waals surface area contributed by atoms with E-state index >= 15 is 0 Å². The predicted molar refractivity (Wildman–Crippen MR) is 70.7 cm³/mol. The van der Waals surface area contributed by atoms with Crippen molar-refractivity contribution in [3.63, 3.8) is 0 Å². The first-order chi connectivity index (χ1) is 9.50. The van der Waals surface area contributed by atoms with Crippen molar-refractivity contribution in [3.8, 4) is 0 Å². The molecule has 0 unspecified atom stereocenters. The number of carbonyl (C=O) groups is 1. The zero-order chi connectivity index (χ0) is 14.7. The van der Waals surface area contributed by atoms with Gasteiger partial charge in [0, 0.05) is 13.1 Å². The maximum Gasteiger partial charge on any atom is 0.342 e. The van der Waals surface area contributed by atoms with Crippen LogP contribution in [0.2, 0.25) is 0 Å². The summed E-state index contributed by atoms with van der Waals surface area (Å²) >= 11 is 0. The molecule has 1 N–H and O–H groups in total. The highest BCUT2D eigenvalue weighted by Gasteiger charge is 2.25. The second-order valence-corrected chi connectivity index (χ2v) is 4.78. The van der Waals surface area contributed by atoms with Gasteiger partial charge in [0.1, 0.15) is 5.56 Å². The van der Waals surface area contributed by atoms with Crippen LogP contribution in [-0.2, 0) is 0 Å². The summed E-state index contributed by atoms with van der Waals surface area (Å²) in [6.07, 6.45) is 3.91. The lowest BCUT2D eigenvalue weighted by atomic mass is 10.1. The first-order valence-corrected chi connectivity index (χ1v) is 6.47. The summed E-state index contributed by atoms with van der Waals surface area (Å²) in [5, 5.41) is 19.8. The van der Waals surface area contributed by atoms with Gasteiger partial charge in [-0.2, -0.15) is 0 Å². The second kappa shape index (κ2) is 5.85. The third kappa shape index (κ3) is 2.87. The molecule has 0 saturated carbocycles. The van der Waals surface area contributed by atoms with Crippen LogP contribution in [0.5, 0.6) is 0 Å². The molecule has 7 heteroatoms. The minimum atomic E-state index is -1.42. The third-order valence-corrected chi connectivity index (χ3v) is 3.44. The van der Waals surface area contributed by atoms with Crippen molar-refractivity contribution in [2.75, 3.05) is 18.0 Å². The van der Waals surface area contributed by atoms with Crippen LogP contribution in [0.3, 0.4) is 0 Å². The van der Waals surface area contributed by atoms with E-state index in [1.165, 1.54) is 0 Å². The van der Waals surface area contributed by atoms with Crippen LogP contribution >= 0.6 is 0 Å². The Morgan fingerprint density at radius 1 is 1.25 bits per heavy atom. The first-order valence-electron chi connectivity index (χ1n) is 6.47. The summed E-state index contributed by atoms with van der Waals surface area (Å²) < 4.78 is 14.0. The van der Waals surface area contributed by atoms with Gasteiger partial charge in [-0.15, -0.1) is 0 Å². The van der Waals surface area contributed by atoms with Crippen molar-refractivity contribution in [3.05, 3.63) is 33.6 Å². The van der Waals surface area contributed by atoms with E-state index in [1.54, 1.807) is 4.90 Å². The molecule has 0 radical (unpaired) electrons. The van der Waals surface area contributed by atoms with Gasteiger partial charge in [0.2, 0.25) is 0 Å². The summed E-state index contributed by atoms with van der Waals surface area (Å²) in [5.41, 5.74) is -1.06. The molecule has 1 aromatic rings. The van der Waals surface area contributed by atoms with Crippen LogP contribution in [0.15, 0.2) is 12.1 Å². The van der Waals surface area contributed by atoms with Gasteiger partial charge in [-0.25, -0.2) is 9.18 Å². The zero-order valence-corrected chi connectivity index (χ0v) is 10.8. The molecule has 1 aliphatic rings. The molecule has 1 saturated heterocycles. The zero-order valence-electron chi connectivity index (χ0n) is 10.8. The van der Waals surface area contributed by atoms with E-state index in [4.69, 9.17) is 5.11 Å². The maximum atomic E-state index is 14.0. The van der Waals surface area contributed by atoms with Crippen LogP contribution in [0.1, 0.15) is 36.0 Å². The molecule has 6 nitrogen and oxygen atoms in total. The smallest absolute Gasteiger partial charge is 0.342 e. The number of hydrogen-bond acceptors (Lipinski definition) is 4. The fourth-order valence-electron chi connectivity index (χ4n) is 2.43.